The molecule has 0 bridgehead atoms. The van der Waals surface area contributed by atoms with E-state index in [0.29, 0.717) is 6.61 Å². The van der Waals surface area contributed by atoms with Gasteiger partial charge < -0.3 is 9.47 Å². The Kier molecular flexibility index (Phi) is 4.02. The van der Waals surface area contributed by atoms with Crippen molar-refractivity contribution in [2.45, 2.75) is 24.8 Å². The molecular formula is C16H14F3NO2. The molecule has 1 fully saturated rings. The van der Waals surface area contributed by atoms with Crippen molar-refractivity contribution >= 4 is 0 Å². The first kappa shape index (κ1) is 14.8. The van der Waals surface area contributed by atoms with Crippen LogP contribution in [0.25, 0.3) is 0 Å². The van der Waals surface area contributed by atoms with Crippen molar-refractivity contribution < 1.29 is 22.6 Å². The molecule has 3 rings (SSSR count). The minimum absolute atomic E-state index is 0.107. The van der Waals surface area contributed by atoms with E-state index < -0.39 is 6.36 Å². The fourth-order valence-electron chi connectivity index (χ4n) is 2.68. The molecule has 6 heteroatoms. The summed E-state index contributed by atoms with van der Waals surface area (Å²) in [6, 6.07) is 11.5. The maximum atomic E-state index is 12.2. The van der Waals surface area contributed by atoms with E-state index in [-0.39, 0.29) is 17.8 Å². The van der Waals surface area contributed by atoms with Gasteiger partial charge in [0.05, 0.1) is 6.10 Å². The van der Waals surface area contributed by atoms with E-state index in [1.165, 1.54) is 12.1 Å². The molecule has 1 aliphatic rings. The van der Waals surface area contributed by atoms with Gasteiger partial charge in [-0.1, -0.05) is 18.2 Å². The predicted octanol–water partition coefficient (Wildman–Crippen LogP) is 4.23. The number of halogens is 3. The molecule has 0 saturated carbocycles. The smallest absolute Gasteiger partial charge is 0.406 e. The van der Waals surface area contributed by atoms with Crippen LogP contribution in [-0.2, 0) is 4.74 Å². The van der Waals surface area contributed by atoms with Crippen LogP contribution in [0.15, 0.2) is 48.7 Å². The van der Waals surface area contributed by atoms with E-state index in [1.54, 1.807) is 18.3 Å². The number of rotatable bonds is 3. The lowest BCUT2D eigenvalue weighted by Crippen LogP contribution is -2.17. The van der Waals surface area contributed by atoms with E-state index in [9.17, 15) is 13.2 Å². The minimum Gasteiger partial charge on any atom is -0.406 e. The van der Waals surface area contributed by atoms with Crippen molar-refractivity contribution in [1.29, 1.82) is 0 Å². The van der Waals surface area contributed by atoms with Gasteiger partial charge in [0.1, 0.15) is 5.75 Å². The molecule has 2 unspecified atom stereocenters. The highest BCUT2D eigenvalue weighted by molar-refractivity contribution is 5.31. The van der Waals surface area contributed by atoms with Gasteiger partial charge >= 0.3 is 6.36 Å². The second kappa shape index (κ2) is 5.96. The monoisotopic (exact) mass is 309 g/mol. The summed E-state index contributed by atoms with van der Waals surface area (Å²) in [5.41, 5.74) is 1.75. The molecule has 0 spiro atoms. The maximum absolute atomic E-state index is 12.2. The topological polar surface area (TPSA) is 31.4 Å². The van der Waals surface area contributed by atoms with Crippen LogP contribution in [0.1, 0.15) is 29.7 Å². The van der Waals surface area contributed by atoms with Crippen LogP contribution >= 0.6 is 0 Å². The van der Waals surface area contributed by atoms with Gasteiger partial charge in [0, 0.05) is 24.4 Å². The third kappa shape index (κ3) is 3.39. The van der Waals surface area contributed by atoms with Gasteiger partial charge in [-0.2, -0.15) is 0 Å². The van der Waals surface area contributed by atoms with Gasteiger partial charge in [-0.15, -0.1) is 13.2 Å². The number of benzene rings is 1. The van der Waals surface area contributed by atoms with E-state index in [2.05, 4.69) is 9.72 Å². The molecule has 2 aromatic rings. The summed E-state index contributed by atoms with van der Waals surface area (Å²) in [6.45, 7) is 0.604. The van der Waals surface area contributed by atoms with Crippen LogP contribution in [-0.4, -0.2) is 18.0 Å². The second-order valence-electron chi connectivity index (χ2n) is 5.06. The standard InChI is InChI=1S/C16H14F3NO2/c17-16(18,19)22-12-6-4-11(5-7-12)15-13(8-10-21-15)14-3-1-2-9-20-14/h1-7,9,13,15H,8,10H2. The highest BCUT2D eigenvalue weighted by Crippen LogP contribution is 2.41. The highest BCUT2D eigenvalue weighted by atomic mass is 19.4. The predicted molar refractivity (Wildman–Crippen MR) is 73.4 cm³/mol. The van der Waals surface area contributed by atoms with Crippen LogP contribution in [0.5, 0.6) is 5.75 Å². The van der Waals surface area contributed by atoms with Crippen LogP contribution in [0.3, 0.4) is 0 Å². The SMILES string of the molecule is FC(F)(F)Oc1ccc(C2OCCC2c2ccccn2)cc1. The Morgan fingerprint density at radius 3 is 2.50 bits per heavy atom. The quantitative estimate of drug-likeness (QED) is 0.850. The molecule has 2 heterocycles. The van der Waals surface area contributed by atoms with Gasteiger partial charge in [-0.3, -0.25) is 4.98 Å². The van der Waals surface area contributed by atoms with E-state index >= 15 is 0 Å². The largest absolute Gasteiger partial charge is 0.573 e. The molecule has 3 nitrogen and oxygen atoms in total. The Balaban J connectivity index is 1.78. The van der Waals surface area contributed by atoms with Gasteiger partial charge in [0.25, 0.3) is 0 Å². The van der Waals surface area contributed by atoms with E-state index in [0.717, 1.165) is 17.7 Å². The third-order valence-electron chi connectivity index (χ3n) is 3.60. The molecule has 116 valence electrons. The summed E-state index contributed by atoms with van der Waals surface area (Å²) in [5.74, 6) is -0.126. The molecule has 1 aromatic heterocycles. The number of ether oxygens (including phenoxy) is 2. The lowest BCUT2D eigenvalue weighted by Gasteiger charge is -2.19. The molecule has 0 N–H and O–H groups in total. The number of pyridine rings is 1. The van der Waals surface area contributed by atoms with Gasteiger partial charge in [0.2, 0.25) is 0 Å². The molecule has 0 radical (unpaired) electrons. The summed E-state index contributed by atoms with van der Waals surface area (Å²) in [6.07, 6.45) is -2.31. The fourth-order valence-corrected chi connectivity index (χ4v) is 2.68. The molecule has 22 heavy (non-hydrogen) atoms. The molecule has 0 aliphatic carbocycles. The van der Waals surface area contributed by atoms with Crippen LogP contribution in [0.4, 0.5) is 13.2 Å². The zero-order valence-electron chi connectivity index (χ0n) is 11.6. The Labute approximate surface area is 125 Å². The molecule has 0 amide bonds. The van der Waals surface area contributed by atoms with Crippen molar-refractivity contribution in [3.63, 3.8) is 0 Å². The molecule has 1 saturated heterocycles. The zero-order chi connectivity index (χ0) is 15.6. The first-order chi connectivity index (χ1) is 10.5. The first-order valence-electron chi connectivity index (χ1n) is 6.91. The van der Waals surface area contributed by atoms with Crippen molar-refractivity contribution in [2.24, 2.45) is 0 Å². The Bertz CT molecular complexity index is 614. The number of hydrogen-bond donors (Lipinski definition) is 0. The fraction of sp³-hybridized carbons (Fsp3) is 0.312. The highest BCUT2D eigenvalue weighted by Gasteiger charge is 2.33. The summed E-state index contributed by atoms with van der Waals surface area (Å²) < 4.78 is 46.1. The van der Waals surface area contributed by atoms with Crippen molar-refractivity contribution in [2.75, 3.05) is 6.61 Å². The summed E-state index contributed by atoms with van der Waals surface area (Å²) in [4.78, 5) is 4.35. The number of alkyl halides is 3. The maximum Gasteiger partial charge on any atom is 0.573 e. The van der Waals surface area contributed by atoms with Crippen LogP contribution in [0.2, 0.25) is 0 Å². The molecule has 1 aromatic carbocycles. The van der Waals surface area contributed by atoms with Gasteiger partial charge in [0.15, 0.2) is 0 Å². The van der Waals surface area contributed by atoms with Crippen LogP contribution < -0.4 is 4.74 Å². The lowest BCUT2D eigenvalue weighted by atomic mass is 9.92. The average molecular weight is 309 g/mol. The lowest BCUT2D eigenvalue weighted by molar-refractivity contribution is -0.274. The Morgan fingerprint density at radius 1 is 1.09 bits per heavy atom. The van der Waals surface area contributed by atoms with Crippen molar-refractivity contribution in [3.8, 4) is 5.75 Å². The molecule has 1 aliphatic heterocycles. The normalized spacial score (nSPS) is 21.8. The van der Waals surface area contributed by atoms with Crippen molar-refractivity contribution in [1.82, 2.24) is 4.98 Å². The number of nitrogens with zero attached hydrogens (tertiary/aromatic N) is 1. The zero-order valence-corrected chi connectivity index (χ0v) is 11.6. The second-order valence-corrected chi connectivity index (χ2v) is 5.06. The minimum atomic E-state index is -4.68. The molecular weight excluding hydrogens is 295 g/mol. The third-order valence-corrected chi connectivity index (χ3v) is 3.60. The summed E-state index contributed by atoms with van der Waals surface area (Å²) in [7, 11) is 0. The summed E-state index contributed by atoms with van der Waals surface area (Å²) >= 11 is 0. The van der Waals surface area contributed by atoms with Gasteiger partial charge in [-0.25, -0.2) is 0 Å². The average Bonchev–Trinajstić information content (AvgIpc) is 2.97. The van der Waals surface area contributed by atoms with Gasteiger partial charge in [-0.05, 0) is 36.2 Å². The Hall–Kier alpha value is -2.08. The van der Waals surface area contributed by atoms with E-state index in [4.69, 9.17) is 4.74 Å². The summed E-state index contributed by atoms with van der Waals surface area (Å²) in [5, 5.41) is 0. The molecule has 2 atom stereocenters. The van der Waals surface area contributed by atoms with Crippen molar-refractivity contribution in [3.05, 3.63) is 59.9 Å². The van der Waals surface area contributed by atoms with Crippen LogP contribution in [0, 0.1) is 0 Å². The number of hydrogen-bond acceptors (Lipinski definition) is 3. The first-order valence-corrected chi connectivity index (χ1v) is 6.91. The number of aromatic nitrogens is 1. The van der Waals surface area contributed by atoms with E-state index in [1.807, 2.05) is 18.2 Å². The Morgan fingerprint density at radius 2 is 1.86 bits per heavy atom.